The first-order valence-electron chi connectivity index (χ1n) is 8.14. The number of carbonyl (C=O) groups excluding carboxylic acids is 2. The van der Waals surface area contributed by atoms with Crippen LogP contribution in [0.25, 0.3) is 0 Å². The van der Waals surface area contributed by atoms with Crippen molar-refractivity contribution in [3.8, 4) is 0 Å². The fourth-order valence-electron chi connectivity index (χ4n) is 2.74. The van der Waals surface area contributed by atoms with E-state index in [4.69, 9.17) is 5.11 Å². The number of nitrogens with one attached hydrogen (secondary N) is 1. The average Bonchev–Trinajstić information content (AvgIpc) is 3.07. The number of carboxylic acids is 1. The van der Waals surface area contributed by atoms with Crippen LogP contribution in [0.5, 0.6) is 0 Å². The predicted octanol–water partition coefficient (Wildman–Crippen LogP) is 2.11. The zero-order valence-corrected chi connectivity index (χ0v) is 14.0. The second-order valence-corrected chi connectivity index (χ2v) is 5.75. The number of nitrogens with zero attached hydrogens (tertiary/aromatic N) is 2. The monoisotopic (exact) mass is 333 g/mol. The molecule has 1 aliphatic rings. The van der Waals surface area contributed by atoms with Crippen molar-refractivity contribution < 1.29 is 19.5 Å². The van der Waals surface area contributed by atoms with Crippen molar-refractivity contribution in [2.45, 2.75) is 20.3 Å². The first kappa shape index (κ1) is 17.8. The van der Waals surface area contributed by atoms with Gasteiger partial charge in [0.1, 0.15) is 0 Å². The Kier molecular flexibility index (Phi) is 5.78. The van der Waals surface area contributed by atoms with E-state index in [0.29, 0.717) is 37.3 Å². The Morgan fingerprint density at radius 2 is 1.83 bits per heavy atom. The molecule has 130 valence electrons. The van der Waals surface area contributed by atoms with Crippen LogP contribution >= 0.6 is 0 Å². The SMILES string of the molecule is CCN(CC)C(=O)c1ccc(NC(=O)N2CCC(C(=O)O)C2)cc1. The van der Waals surface area contributed by atoms with Gasteiger partial charge < -0.3 is 20.2 Å². The van der Waals surface area contributed by atoms with E-state index in [1.165, 1.54) is 4.90 Å². The Balaban J connectivity index is 1.95. The van der Waals surface area contributed by atoms with Crippen molar-refractivity contribution in [2.24, 2.45) is 5.92 Å². The van der Waals surface area contributed by atoms with E-state index < -0.39 is 11.9 Å². The molecule has 2 N–H and O–H groups in total. The summed E-state index contributed by atoms with van der Waals surface area (Å²) < 4.78 is 0. The molecule has 3 amide bonds. The molecule has 0 aromatic heterocycles. The van der Waals surface area contributed by atoms with Crippen molar-refractivity contribution in [3.05, 3.63) is 29.8 Å². The predicted molar refractivity (Wildman–Crippen MR) is 90.0 cm³/mol. The number of anilines is 1. The summed E-state index contributed by atoms with van der Waals surface area (Å²) in [4.78, 5) is 38.5. The molecule has 1 fully saturated rings. The van der Waals surface area contributed by atoms with Crippen LogP contribution in [-0.4, -0.2) is 59.0 Å². The van der Waals surface area contributed by atoms with Crippen LogP contribution in [-0.2, 0) is 4.79 Å². The quantitative estimate of drug-likeness (QED) is 0.863. The molecular formula is C17H23N3O4. The van der Waals surface area contributed by atoms with Gasteiger partial charge in [0.2, 0.25) is 0 Å². The summed E-state index contributed by atoms with van der Waals surface area (Å²) in [6.07, 6.45) is 0.472. The highest BCUT2D eigenvalue weighted by atomic mass is 16.4. The number of amides is 3. The lowest BCUT2D eigenvalue weighted by molar-refractivity contribution is -0.141. The topological polar surface area (TPSA) is 90.0 Å². The number of benzene rings is 1. The number of aliphatic carboxylic acids is 1. The van der Waals surface area contributed by atoms with Gasteiger partial charge in [-0.3, -0.25) is 9.59 Å². The van der Waals surface area contributed by atoms with E-state index in [9.17, 15) is 14.4 Å². The van der Waals surface area contributed by atoms with Crippen LogP contribution in [0, 0.1) is 5.92 Å². The van der Waals surface area contributed by atoms with Crippen LogP contribution in [0.3, 0.4) is 0 Å². The molecule has 0 aliphatic carbocycles. The lowest BCUT2D eigenvalue weighted by atomic mass is 10.1. The molecule has 0 spiro atoms. The van der Waals surface area contributed by atoms with Crippen molar-refractivity contribution >= 4 is 23.6 Å². The highest BCUT2D eigenvalue weighted by Gasteiger charge is 2.30. The van der Waals surface area contributed by atoms with Crippen LogP contribution in [0.4, 0.5) is 10.5 Å². The van der Waals surface area contributed by atoms with Crippen LogP contribution in [0.2, 0.25) is 0 Å². The molecule has 2 rings (SSSR count). The Morgan fingerprint density at radius 3 is 2.33 bits per heavy atom. The molecule has 1 aromatic rings. The second kappa shape index (κ2) is 7.81. The van der Waals surface area contributed by atoms with E-state index in [1.807, 2.05) is 13.8 Å². The largest absolute Gasteiger partial charge is 0.481 e. The molecular weight excluding hydrogens is 310 g/mol. The maximum absolute atomic E-state index is 12.2. The average molecular weight is 333 g/mol. The van der Waals surface area contributed by atoms with E-state index in [-0.39, 0.29) is 18.5 Å². The zero-order chi connectivity index (χ0) is 17.7. The van der Waals surface area contributed by atoms with Crippen LogP contribution in [0.1, 0.15) is 30.6 Å². The van der Waals surface area contributed by atoms with E-state index in [0.717, 1.165) is 0 Å². The van der Waals surface area contributed by atoms with Crippen molar-refractivity contribution in [3.63, 3.8) is 0 Å². The zero-order valence-electron chi connectivity index (χ0n) is 14.0. The third-order valence-electron chi connectivity index (χ3n) is 4.26. The van der Waals surface area contributed by atoms with Gasteiger partial charge in [-0.25, -0.2) is 4.79 Å². The van der Waals surface area contributed by atoms with Crippen molar-refractivity contribution in [1.29, 1.82) is 0 Å². The summed E-state index contributed by atoms with van der Waals surface area (Å²) in [6, 6.07) is 6.40. The summed E-state index contributed by atoms with van der Waals surface area (Å²) in [5.74, 6) is -1.41. The van der Waals surface area contributed by atoms with E-state index in [2.05, 4.69) is 5.32 Å². The number of hydrogen-bond donors (Lipinski definition) is 2. The molecule has 1 heterocycles. The number of rotatable bonds is 5. The van der Waals surface area contributed by atoms with Gasteiger partial charge in [0.15, 0.2) is 0 Å². The summed E-state index contributed by atoms with van der Waals surface area (Å²) >= 11 is 0. The Labute approximate surface area is 141 Å². The van der Waals surface area contributed by atoms with E-state index >= 15 is 0 Å². The van der Waals surface area contributed by atoms with Gasteiger partial charge in [0.05, 0.1) is 5.92 Å². The second-order valence-electron chi connectivity index (χ2n) is 5.75. The first-order chi connectivity index (χ1) is 11.5. The molecule has 1 unspecified atom stereocenters. The van der Waals surface area contributed by atoms with E-state index in [1.54, 1.807) is 29.2 Å². The fourth-order valence-corrected chi connectivity index (χ4v) is 2.74. The van der Waals surface area contributed by atoms with Crippen molar-refractivity contribution in [1.82, 2.24) is 9.80 Å². The van der Waals surface area contributed by atoms with Gasteiger partial charge >= 0.3 is 12.0 Å². The molecule has 1 aliphatic heterocycles. The van der Waals surface area contributed by atoms with Crippen molar-refractivity contribution in [2.75, 3.05) is 31.5 Å². The van der Waals surface area contributed by atoms with Gasteiger partial charge in [0, 0.05) is 37.4 Å². The molecule has 0 saturated carbocycles. The van der Waals surface area contributed by atoms with Gasteiger partial charge in [-0.1, -0.05) is 0 Å². The fraction of sp³-hybridized carbons (Fsp3) is 0.471. The highest BCUT2D eigenvalue weighted by molar-refractivity contribution is 5.95. The number of carbonyl (C=O) groups is 3. The maximum Gasteiger partial charge on any atom is 0.321 e. The summed E-state index contributed by atoms with van der Waals surface area (Å²) in [5.41, 5.74) is 1.15. The molecule has 0 bridgehead atoms. The minimum atomic E-state index is -0.871. The first-order valence-corrected chi connectivity index (χ1v) is 8.14. The maximum atomic E-state index is 12.2. The van der Waals surface area contributed by atoms with Gasteiger partial charge in [-0.05, 0) is 44.5 Å². The van der Waals surface area contributed by atoms with Crippen LogP contribution < -0.4 is 5.32 Å². The lowest BCUT2D eigenvalue weighted by Crippen LogP contribution is -2.33. The molecule has 1 saturated heterocycles. The Hall–Kier alpha value is -2.57. The van der Waals surface area contributed by atoms with Gasteiger partial charge in [-0.15, -0.1) is 0 Å². The smallest absolute Gasteiger partial charge is 0.321 e. The molecule has 24 heavy (non-hydrogen) atoms. The number of hydrogen-bond acceptors (Lipinski definition) is 3. The number of likely N-dealkylation sites (tertiary alicyclic amines) is 1. The van der Waals surface area contributed by atoms with Gasteiger partial charge in [-0.2, -0.15) is 0 Å². The number of carboxylic acid groups (broad SMARTS) is 1. The molecule has 1 aromatic carbocycles. The Morgan fingerprint density at radius 1 is 1.21 bits per heavy atom. The highest BCUT2D eigenvalue weighted by Crippen LogP contribution is 2.18. The summed E-state index contributed by atoms with van der Waals surface area (Å²) in [5, 5.41) is 11.7. The standard InChI is InChI=1S/C17H23N3O4/c1-3-19(4-2)15(21)12-5-7-14(8-6-12)18-17(24)20-10-9-13(11-20)16(22)23/h5-8,13H,3-4,9-11H2,1-2H3,(H,18,24)(H,22,23). The molecule has 0 radical (unpaired) electrons. The minimum Gasteiger partial charge on any atom is -0.481 e. The third kappa shape index (κ3) is 4.04. The minimum absolute atomic E-state index is 0.0401. The molecule has 7 heteroatoms. The Bertz CT molecular complexity index is 611. The molecule has 1 atom stereocenters. The van der Waals surface area contributed by atoms with Gasteiger partial charge in [0.25, 0.3) is 5.91 Å². The lowest BCUT2D eigenvalue weighted by Gasteiger charge is -2.19. The summed E-state index contributed by atoms with van der Waals surface area (Å²) in [7, 11) is 0. The summed E-state index contributed by atoms with van der Waals surface area (Å²) in [6.45, 7) is 5.80. The normalized spacial score (nSPS) is 16.8. The molecule has 7 nitrogen and oxygen atoms in total. The van der Waals surface area contributed by atoms with Crippen LogP contribution in [0.15, 0.2) is 24.3 Å². The third-order valence-corrected chi connectivity index (χ3v) is 4.26. The number of urea groups is 1.